The third-order valence-corrected chi connectivity index (χ3v) is 2.80. The molecule has 2 rings (SSSR count). The fraction of sp³-hybridized carbons (Fsp3) is 0.182. The van der Waals surface area contributed by atoms with Crippen molar-refractivity contribution < 1.29 is 0 Å². The minimum atomic E-state index is 1.03. The molecule has 2 aromatic heterocycles. The van der Waals surface area contributed by atoms with Crippen LogP contribution < -0.4 is 0 Å². The highest BCUT2D eigenvalue weighted by atomic mass is 32.1. The zero-order chi connectivity index (χ0) is 9.10. The third kappa shape index (κ3) is 2.16. The van der Waals surface area contributed by atoms with Crippen molar-refractivity contribution in [3.8, 4) is 0 Å². The molecule has 0 unspecified atom stereocenters. The number of thiophene rings is 1. The van der Waals surface area contributed by atoms with Gasteiger partial charge in [-0.25, -0.2) is 0 Å². The highest BCUT2D eigenvalue weighted by Crippen LogP contribution is 2.14. The van der Waals surface area contributed by atoms with Crippen LogP contribution in [-0.4, -0.2) is 4.98 Å². The predicted molar refractivity (Wildman–Crippen MR) is 56.1 cm³/mol. The average molecular weight is 189 g/mol. The summed E-state index contributed by atoms with van der Waals surface area (Å²) >= 11 is 1.80. The van der Waals surface area contributed by atoms with E-state index in [1.54, 1.807) is 11.3 Å². The number of aryl methyl sites for hydroxylation is 1. The third-order valence-electron chi connectivity index (χ3n) is 1.92. The molecule has 0 N–H and O–H groups in total. The summed E-state index contributed by atoms with van der Waals surface area (Å²) in [6.45, 7) is 2.03. The standard InChI is InChI=1S/C11H11NS/c1-9-7-10(4-5-12-9)8-11-3-2-6-13-11/h2-7H,8H2,1H3. The molecular weight excluding hydrogens is 178 g/mol. The molecule has 0 bridgehead atoms. The first-order chi connectivity index (χ1) is 6.34. The summed E-state index contributed by atoms with van der Waals surface area (Å²) in [5, 5.41) is 2.11. The molecular formula is C11H11NS. The van der Waals surface area contributed by atoms with Gasteiger partial charge in [-0.15, -0.1) is 11.3 Å². The van der Waals surface area contributed by atoms with Gasteiger partial charge in [-0.3, -0.25) is 4.98 Å². The van der Waals surface area contributed by atoms with E-state index < -0.39 is 0 Å². The first-order valence-electron chi connectivity index (χ1n) is 4.28. The van der Waals surface area contributed by atoms with Crippen LogP contribution in [0.15, 0.2) is 35.8 Å². The first-order valence-corrected chi connectivity index (χ1v) is 5.16. The van der Waals surface area contributed by atoms with Crippen molar-refractivity contribution >= 4 is 11.3 Å². The Balaban J connectivity index is 2.19. The largest absolute Gasteiger partial charge is 0.262 e. The van der Waals surface area contributed by atoms with Crippen LogP contribution >= 0.6 is 11.3 Å². The van der Waals surface area contributed by atoms with Crippen molar-refractivity contribution in [3.05, 3.63) is 52.0 Å². The van der Waals surface area contributed by atoms with E-state index in [9.17, 15) is 0 Å². The number of hydrogen-bond acceptors (Lipinski definition) is 2. The quantitative estimate of drug-likeness (QED) is 0.707. The van der Waals surface area contributed by atoms with E-state index in [0.29, 0.717) is 0 Å². The summed E-state index contributed by atoms with van der Waals surface area (Å²) in [5.41, 5.74) is 2.43. The monoisotopic (exact) mass is 189 g/mol. The highest BCUT2D eigenvalue weighted by Gasteiger charge is 1.96. The van der Waals surface area contributed by atoms with Gasteiger partial charge >= 0.3 is 0 Å². The zero-order valence-electron chi connectivity index (χ0n) is 7.53. The highest BCUT2D eigenvalue weighted by molar-refractivity contribution is 7.09. The Morgan fingerprint density at radius 3 is 3.00 bits per heavy atom. The molecule has 0 fully saturated rings. The van der Waals surface area contributed by atoms with Gasteiger partial charge in [0.25, 0.3) is 0 Å². The lowest BCUT2D eigenvalue weighted by molar-refractivity contribution is 1.13. The molecule has 0 aliphatic rings. The van der Waals surface area contributed by atoms with E-state index in [0.717, 1.165) is 12.1 Å². The van der Waals surface area contributed by atoms with E-state index in [4.69, 9.17) is 0 Å². The molecule has 2 heteroatoms. The average Bonchev–Trinajstić information content (AvgIpc) is 2.57. The lowest BCUT2D eigenvalue weighted by atomic mass is 10.1. The smallest absolute Gasteiger partial charge is 0.0375 e. The molecule has 0 aliphatic carbocycles. The van der Waals surface area contributed by atoms with Gasteiger partial charge in [0.05, 0.1) is 0 Å². The van der Waals surface area contributed by atoms with Gasteiger partial charge in [-0.2, -0.15) is 0 Å². The normalized spacial score (nSPS) is 10.2. The minimum Gasteiger partial charge on any atom is -0.262 e. The van der Waals surface area contributed by atoms with Crippen molar-refractivity contribution in [2.45, 2.75) is 13.3 Å². The van der Waals surface area contributed by atoms with Crippen LogP contribution in [0.25, 0.3) is 0 Å². The van der Waals surface area contributed by atoms with Crippen molar-refractivity contribution in [2.75, 3.05) is 0 Å². The summed E-state index contributed by atoms with van der Waals surface area (Å²) in [4.78, 5) is 5.58. The molecule has 2 heterocycles. The van der Waals surface area contributed by atoms with Crippen LogP contribution in [0.4, 0.5) is 0 Å². The van der Waals surface area contributed by atoms with Crippen LogP contribution in [0.5, 0.6) is 0 Å². The molecule has 2 aromatic rings. The second-order valence-corrected chi connectivity index (χ2v) is 4.09. The minimum absolute atomic E-state index is 1.03. The van der Waals surface area contributed by atoms with E-state index in [1.165, 1.54) is 10.4 Å². The summed E-state index contributed by atoms with van der Waals surface area (Å²) < 4.78 is 0. The van der Waals surface area contributed by atoms with Crippen molar-refractivity contribution in [3.63, 3.8) is 0 Å². The van der Waals surface area contributed by atoms with Crippen LogP contribution in [-0.2, 0) is 6.42 Å². The topological polar surface area (TPSA) is 12.9 Å². The van der Waals surface area contributed by atoms with Crippen molar-refractivity contribution in [1.29, 1.82) is 0 Å². The van der Waals surface area contributed by atoms with Gasteiger partial charge < -0.3 is 0 Å². The summed E-state index contributed by atoms with van der Waals surface area (Å²) in [6.07, 6.45) is 2.90. The second-order valence-electron chi connectivity index (χ2n) is 3.06. The van der Waals surface area contributed by atoms with E-state index in [2.05, 4.69) is 34.6 Å². The Hall–Kier alpha value is -1.15. The lowest BCUT2D eigenvalue weighted by Crippen LogP contribution is -1.87. The van der Waals surface area contributed by atoms with Gasteiger partial charge in [0, 0.05) is 23.2 Å². The van der Waals surface area contributed by atoms with Crippen LogP contribution in [0.3, 0.4) is 0 Å². The maximum Gasteiger partial charge on any atom is 0.0375 e. The van der Waals surface area contributed by atoms with Crippen molar-refractivity contribution in [1.82, 2.24) is 4.98 Å². The Labute approximate surface area is 82.1 Å². The Morgan fingerprint density at radius 1 is 1.38 bits per heavy atom. The van der Waals surface area contributed by atoms with E-state index in [-0.39, 0.29) is 0 Å². The number of aromatic nitrogens is 1. The SMILES string of the molecule is Cc1cc(Cc2cccs2)ccn1. The second kappa shape index (κ2) is 3.71. The first kappa shape index (κ1) is 8.45. The van der Waals surface area contributed by atoms with Gasteiger partial charge in [0.2, 0.25) is 0 Å². The Morgan fingerprint density at radius 2 is 2.31 bits per heavy atom. The number of rotatable bonds is 2. The fourth-order valence-corrected chi connectivity index (χ4v) is 2.07. The molecule has 0 atom stereocenters. The Kier molecular flexibility index (Phi) is 2.41. The van der Waals surface area contributed by atoms with Gasteiger partial charge in [-0.05, 0) is 36.1 Å². The maximum absolute atomic E-state index is 4.17. The molecule has 0 amide bonds. The fourth-order valence-electron chi connectivity index (χ4n) is 1.33. The van der Waals surface area contributed by atoms with E-state index >= 15 is 0 Å². The van der Waals surface area contributed by atoms with Crippen molar-refractivity contribution in [2.24, 2.45) is 0 Å². The Bertz CT molecular complexity index is 379. The summed E-state index contributed by atoms with van der Waals surface area (Å²) in [6, 6.07) is 8.47. The van der Waals surface area contributed by atoms with Gasteiger partial charge in [0.1, 0.15) is 0 Å². The molecule has 0 radical (unpaired) electrons. The molecule has 0 aliphatic heterocycles. The lowest BCUT2D eigenvalue weighted by Gasteiger charge is -1.98. The van der Waals surface area contributed by atoms with Gasteiger partial charge in [-0.1, -0.05) is 6.07 Å². The summed E-state index contributed by atoms with van der Waals surface area (Å²) in [7, 11) is 0. The predicted octanol–water partition coefficient (Wildman–Crippen LogP) is 3.04. The molecule has 0 spiro atoms. The zero-order valence-corrected chi connectivity index (χ0v) is 8.34. The van der Waals surface area contributed by atoms with E-state index in [1.807, 2.05) is 13.1 Å². The van der Waals surface area contributed by atoms with Crippen LogP contribution in [0.1, 0.15) is 16.1 Å². The molecule has 0 aromatic carbocycles. The number of hydrogen-bond donors (Lipinski definition) is 0. The molecule has 0 saturated carbocycles. The molecule has 13 heavy (non-hydrogen) atoms. The molecule has 1 nitrogen and oxygen atoms in total. The molecule has 66 valence electrons. The number of pyridine rings is 1. The van der Waals surface area contributed by atoms with Crippen LogP contribution in [0, 0.1) is 6.92 Å². The summed E-state index contributed by atoms with van der Waals surface area (Å²) in [5.74, 6) is 0. The van der Waals surface area contributed by atoms with Gasteiger partial charge in [0.15, 0.2) is 0 Å². The number of nitrogens with zero attached hydrogens (tertiary/aromatic N) is 1. The van der Waals surface area contributed by atoms with Crippen LogP contribution in [0.2, 0.25) is 0 Å². The molecule has 0 saturated heterocycles. The maximum atomic E-state index is 4.17.